The van der Waals surface area contributed by atoms with Crippen molar-refractivity contribution < 1.29 is 14.9 Å². The molecule has 0 radical (unpaired) electrons. The molecule has 3 heterocycles. The third kappa shape index (κ3) is 2.90. The summed E-state index contributed by atoms with van der Waals surface area (Å²) in [5.41, 5.74) is -0.474. The molecule has 1 unspecified atom stereocenters. The van der Waals surface area contributed by atoms with Crippen LogP contribution in [-0.4, -0.2) is 62.9 Å². The van der Waals surface area contributed by atoms with E-state index in [2.05, 4.69) is 14.9 Å². The number of likely N-dealkylation sites (tertiary alicyclic amines) is 1. The van der Waals surface area contributed by atoms with Crippen LogP contribution in [0.2, 0.25) is 0 Å². The van der Waals surface area contributed by atoms with E-state index in [0.717, 1.165) is 25.2 Å². The van der Waals surface area contributed by atoms with Gasteiger partial charge >= 0.3 is 5.69 Å². The van der Waals surface area contributed by atoms with Crippen molar-refractivity contribution in [3.63, 3.8) is 0 Å². The summed E-state index contributed by atoms with van der Waals surface area (Å²) in [6.07, 6.45) is 1.71. The van der Waals surface area contributed by atoms with Gasteiger partial charge in [-0.1, -0.05) is 0 Å². The van der Waals surface area contributed by atoms with E-state index in [4.69, 9.17) is 9.84 Å². The Morgan fingerprint density at radius 3 is 2.95 bits per heavy atom. The van der Waals surface area contributed by atoms with Gasteiger partial charge < -0.3 is 19.8 Å². The van der Waals surface area contributed by atoms with Crippen LogP contribution in [0.1, 0.15) is 25.5 Å². The molecule has 8 nitrogen and oxygen atoms in total. The first kappa shape index (κ1) is 15.1. The number of aliphatic hydroxyl groups excluding tert-OH is 2. The number of nitrogens with zero attached hydrogens (tertiary/aromatic N) is 4. The average Bonchev–Trinajstić information content (AvgIpc) is 3.05. The van der Waals surface area contributed by atoms with Gasteiger partial charge in [0.25, 0.3) is 0 Å². The van der Waals surface area contributed by atoms with Crippen molar-refractivity contribution in [2.75, 3.05) is 20.2 Å². The van der Waals surface area contributed by atoms with Crippen LogP contribution in [0, 0.1) is 0 Å². The molecule has 3 atom stereocenters. The highest BCUT2D eigenvalue weighted by atomic mass is 16.5. The van der Waals surface area contributed by atoms with Crippen LogP contribution >= 0.6 is 0 Å². The van der Waals surface area contributed by atoms with Crippen LogP contribution in [0.3, 0.4) is 0 Å². The number of aliphatic hydroxyl groups is 2. The minimum atomic E-state index is -0.783. The van der Waals surface area contributed by atoms with E-state index in [1.54, 1.807) is 12.3 Å². The topological polar surface area (TPSA) is 100 Å². The van der Waals surface area contributed by atoms with Crippen molar-refractivity contribution in [3.8, 4) is 0 Å². The molecule has 0 amide bonds. The Bertz CT molecular complexity index is 630. The molecule has 2 N–H and O–H groups in total. The Morgan fingerprint density at radius 1 is 1.55 bits per heavy atom. The highest BCUT2D eigenvalue weighted by Gasteiger charge is 2.34. The van der Waals surface area contributed by atoms with E-state index >= 15 is 0 Å². The van der Waals surface area contributed by atoms with Crippen molar-refractivity contribution in [1.29, 1.82) is 0 Å². The second kappa shape index (κ2) is 6.15. The molecule has 120 valence electrons. The fourth-order valence-electron chi connectivity index (χ4n) is 2.80. The molecule has 3 rings (SSSR count). The van der Waals surface area contributed by atoms with E-state index in [-0.39, 0.29) is 13.0 Å². The Labute approximate surface area is 127 Å². The zero-order valence-electron chi connectivity index (χ0n) is 12.4. The summed E-state index contributed by atoms with van der Waals surface area (Å²) >= 11 is 0. The summed E-state index contributed by atoms with van der Waals surface area (Å²) in [5, 5.41) is 18.8. The smallest absolute Gasteiger partial charge is 0.351 e. The van der Waals surface area contributed by atoms with E-state index < -0.39 is 24.1 Å². The van der Waals surface area contributed by atoms with Crippen molar-refractivity contribution in [3.05, 3.63) is 22.7 Å². The lowest BCUT2D eigenvalue weighted by Gasteiger charge is -2.14. The number of hydrogen-bond acceptors (Lipinski definition) is 6. The van der Waals surface area contributed by atoms with Gasteiger partial charge in [0.2, 0.25) is 0 Å². The molecule has 2 saturated heterocycles. The molecule has 0 saturated carbocycles. The van der Waals surface area contributed by atoms with Crippen LogP contribution in [0.4, 0.5) is 5.82 Å². The zero-order chi connectivity index (χ0) is 15.7. The number of aliphatic imine (C=N–C) groups is 1. The van der Waals surface area contributed by atoms with Crippen LogP contribution in [0.15, 0.2) is 22.1 Å². The maximum atomic E-state index is 12.1. The summed E-state index contributed by atoms with van der Waals surface area (Å²) in [6, 6.07) is 1.66. The number of rotatable bonds is 3. The van der Waals surface area contributed by atoms with Gasteiger partial charge in [0.1, 0.15) is 18.2 Å². The average molecular weight is 308 g/mol. The summed E-state index contributed by atoms with van der Waals surface area (Å²) in [6.45, 7) is 0.685. The molecule has 1 aromatic rings. The van der Waals surface area contributed by atoms with Gasteiger partial charge in [-0.25, -0.2) is 9.79 Å². The van der Waals surface area contributed by atoms with Gasteiger partial charge in [0, 0.05) is 32.6 Å². The maximum Gasteiger partial charge on any atom is 0.351 e. The molecule has 0 bridgehead atoms. The third-order valence-electron chi connectivity index (χ3n) is 4.09. The van der Waals surface area contributed by atoms with Gasteiger partial charge in [0.15, 0.2) is 5.82 Å². The summed E-state index contributed by atoms with van der Waals surface area (Å²) < 4.78 is 6.78. The van der Waals surface area contributed by atoms with Gasteiger partial charge in [-0.15, -0.1) is 0 Å². The summed E-state index contributed by atoms with van der Waals surface area (Å²) in [4.78, 5) is 22.5. The quantitative estimate of drug-likeness (QED) is 0.791. The van der Waals surface area contributed by atoms with E-state index in [1.807, 2.05) is 7.05 Å². The molecular formula is C14H20N4O4. The second-order valence-electron chi connectivity index (χ2n) is 5.64. The fraction of sp³-hybridized carbons (Fsp3) is 0.643. The largest absolute Gasteiger partial charge is 0.394 e. The van der Waals surface area contributed by atoms with Crippen LogP contribution in [0.5, 0.6) is 0 Å². The lowest BCUT2D eigenvalue weighted by Crippen LogP contribution is -2.27. The normalized spacial score (nSPS) is 30.4. The minimum Gasteiger partial charge on any atom is -0.394 e. The molecule has 22 heavy (non-hydrogen) atoms. The second-order valence-corrected chi connectivity index (χ2v) is 5.64. The van der Waals surface area contributed by atoms with E-state index in [1.165, 1.54) is 4.57 Å². The maximum absolute atomic E-state index is 12.1. The Hall–Kier alpha value is -1.77. The number of hydrogen-bond donors (Lipinski definition) is 2. The van der Waals surface area contributed by atoms with Crippen LogP contribution in [0.25, 0.3) is 0 Å². The van der Waals surface area contributed by atoms with E-state index in [0.29, 0.717) is 5.82 Å². The standard InChI is InChI=1S/C14H20N4O4/c1-17-5-2-3-12(17)15-11-4-6-18(14(21)16-11)13-7-9(20)10(8-19)22-13/h4,6,9-10,13,19-20H,2-3,5,7-8H2,1H3/b15-12-/t9?,10-,13-/m1/s1. The van der Waals surface area contributed by atoms with Crippen molar-refractivity contribution in [1.82, 2.24) is 14.5 Å². The molecule has 0 spiro atoms. The van der Waals surface area contributed by atoms with Crippen molar-refractivity contribution in [2.24, 2.45) is 4.99 Å². The molecule has 2 fully saturated rings. The van der Waals surface area contributed by atoms with Gasteiger partial charge in [-0.05, 0) is 12.5 Å². The molecular weight excluding hydrogens is 288 g/mol. The highest BCUT2D eigenvalue weighted by molar-refractivity contribution is 5.85. The summed E-state index contributed by atoms with van der Waals surface area (Å²) in [5.74, 6) is 1.31. The third-order valence-corrected chi connectivity index (χ3v) is 4.09. The van der Waals surface area contributed by atoms with E-state index in [9.17, 15) is 9.90 Å². The van der Waals surface area contributed by atoms with Crippen molar-refractivity contribution in [2.45, 2.75) is 37.7 Å². The lowest BCUT2D eigenvalue weighted by atomic mass is 10.2. The highest BCUT2D eigenvalue weighted by Crippen LogP contribution is 2.27. The molecule has 8 heteroatoms. The summed E-state index contributed by atoms with van der Waals surface area (Å²) in [7, 11) is 1.97. The Kier molecular flexibility index (Phi) is 4.23. The number of amidine groups is 1. The molecule has 1 aromatic heterocycles. The van der Waals surface area contributed by atoms with Crippen molar-refractivity contribution >= 4 is 11.7 Å². The Morgan fingerprint density at radius 2 is 2.36 bits per heavy atom. The monoisotopic (exact) mass is 308 g/mol. The van der Waals surface area contributed by atoms with Gasteiger partial charge in [0.05, 0.1) is 12.7 Å². The molecule has 0 aromatic carbocycles. The van der Waals surface area contributed by atoms with Crippen LogP contribution in [-0.2, 0) is 4.74 Å². The number of ether oxygens (including phenoxy) is 1. The molecule has 2 aliphatic rings. The van der Waals surface area contributed by atoms with Crippen LogP contribution < -0.4 is 5.69 Å². The fourth-order valence-corrected chi connectivity index (χ4v) is 2.80. The van der Waals surface area contributed by atoms with Gasteiger partial charge in [-0.3, -0.25) is 4.57 Å². The first-order chi connectivity index (χ1) is 10.6. The molecule has 2 aliphatic heterocycles. The number of aromatic nitrogens is 2. The first-order valence-corrected chi connectivity index (χ1v) is 7.41. The minimum absolute atomic E-state index is 0.253. The first-order valence-electron chi connectivity index (χ1n) is 7.41. The Balaban J connectivity index is 1.80. The molecule has 0 aliphatic carbocycles. The predicted molar refractivity (Wildman–Crippen MR) is 79.1 cm³/mol. The SMILES string of the molecule is CN1CCC/C1=N/c1ccn([C@H]2CC(O)[C@@H](CO)O2)c(=O)n1. The lowest BCUT2D eigenvalue weighted by molar-refractivity contribution is -0.0458. The van der Waals surface area contributed by atoms with Gasteiger partial charge in [-0.2, -0.15) is 4.98 Å². The predicted octanol–water partition coefficient (Wildman–Crippen LogP) is -0.360. The zero-order valence-corrected chi connectivity index (χ0v) is 12.4.